The fraction of sp³-hybridized carbons (Fsp3) is 0. The molecule has 19 heteroatoms. The van der Waals surface area contributed by atoms with Crippen molar-refractivity contribution in [2.24, 2.45) is 0 Å². The maximum absolute atomic E-state index is 9.38. The molecule has 0 saturated carbocycles. The summed E-state index contributed by atoms with van der Waals surface area (Å²) in [6, 6.07) is 0. The van der Waals surface area contributed by atoms with Crippen LogP contribution in [0.4, 0.5) is 0 Å². The molecule has 0 fully saturated rings. The second-order valence-corrected chi connectivity index (χ2v) is 9.05. The Morgan fingerprint density at radius 3 is 0.579 bits per heavy atom. The molecular formula is Cr4O14W-4. The van der Waals surface area contributed by atoms with Crippen molar-refractivity contribution in [3.8, 4) is 0 Å². The standard InChI is InChI=1S/4Cr.14O.W/q;;;;;;;;;;;;;;4*-1;. The Labute approximate surface area is 127 Å². The molecule has 0 aromatic heterocycles. The molecule has 0 radical (unpaired) electrons. The summed E-state index contributed by atoms with van der Waals surface area (Å²) in [6.45, 7) is 0. The van der Waals surface area contributed by atoms with Crippen molar-refractivity contribution in [3.05, 3.63) is 0 Å². The predicted octanol–water partition coefficient (Wildman–Crippen LogP) is -5.86. The quantitative estimate of drug-likeness (QED) is 0.286. The van der Waals surface area contributed by atoms with Gasteiger partial charge >= 0.3 is 107 Å². The Morgan fingerprint density at radius 1 is 0.474 bits per heavy atom. The Morgan fingerprint density at radius 2 is 0.579 bits per heavy atom. The summed E-state index contributed by atoms with van der Waals surface area (Å²) >= 11 is -24.3. The fourth-order valence-corrected chi connectivity index (χ4v) is 3.47. The zero-order chi connectivity index (χ0) is 15.4. The third kappa shape index (κ3) is 32.5. The first-order chi connectivity index (χ1) is 7.41. The summed E-state index contributed by atoms with van der Waals surface area (Å²) in [4.78, 5) is 0. The Hall–Kier alpha value is 0.978. The van der Waals surface area contributed by atoms with Crippen LogP contribution >= 0.6 is 0 Å². The molecule has 0 rings (SSSR count). The van der Waals surface area contributed by atoms with E-state index in [-0.39, 0.29) is 21.1 Å². The van der Waals surface area contributed by atoms with Gasteiger partial charge in [-0.1, -0.05) is 0 Å². The third-order valence-corrected chi connectivity index (χ3v) is 5.67. The van der Waals surface area contributed by atoms with Crippen molar-refractivity contribution in [1.82, 2.24) is 0 Å². The van der Waals surface area contributed by atoms with Gasteiger partial charge in [0.1, 0.15) is 0 Å². The predicted molar refractivity (Wildman–Crippen MR) is 7.66 cm³/mol. The molecular weight excluding hydrogens is 616 g/mol. The molecule has 0 aliphatic carbocycles. The molecule has 0 bridgehead atoms. The summed E-state index contributed by atoms with van der Waals surface area (Å²) in [6.07, 6.45) is 0. The molecule has 0 amide bonds. The van der Waals surface area contributed by atoms with E-state index in [0.29, 0.717) is 0 Å². The van der Waals surface area contributed by atoms with E-state index in [9.17, 15) is 47.1 Å². The first-order valence-electron chi connectivity index (χ1n) is 2.67. The topological polar surface area (TPSA) is 247 Å². The summed E-state index contributed by atoms with van der Waals surface area (Å²) < 4.78 is 118. The minimum Gasteiger partial charge on any atom is 0 e. The zero-order valence-electron chi connectivity index (χ0n) is 7.76. The van der Waals surface area contributed by atoms with Crippen LogP contribution in [0.2, 0.25) is 0 Å². The minimum atomic E-state index is -6.07. The van der Waals surface area contributed by atoms with Crippen molar-refractivity contribution in [3.63, 3.8) is 0 Å². The third-order valence-electron chi connectivity index (χ3n) is 0.333. The Kier molecular flexibility index (Phi) is 11.1. The molecule has 118 valence electrons. The van der Waals surface area contributed by atoms with Gasteiger partial charge in [0, 0.05) is 21.1 Å². The molecule has 0 aromatic carbocycles. The van der Waals surface area contributed by atoms with Crippen molar-refractivity contribution in [1.29, 1.82) is 0 Å². The molecule has 0 aromatic rings. The van der Waals surface area contributed by atoms with E-state index in [0.717, 1.165) is 0 Å². The van der Waals surface area contributed by atoms with Gasteiger partial charge < -0.3 is 0 Å². The smallest absolute Gasteiger partial charge is 0 e. The number of hydrogen-bond acceptors (Lipinski definition) is 14. The number of rotatable bonds is 4. The molecule has 14 nitrogen and oxygen atoms in total. The van der Waals surface area contributed by atoms with Crippen LogP contribution < -0.4 is 16.6 Å². The van der Waals surface area contributed by atoms with Crippen LogP contribution in [-0.2, 0) is 112 Å². The van der Waals surface area contributed by atoms with E-state index in [4.69, 9.17) is 0 Å². The van der Waals surface area contributed by atoms with E-state index >= 15 is 0 Å². The maximum Gasteiger partial charge on any atom is 0 e. The van der Waals surface area contributed by atoms with E-state index in [1.165, 1.54) is 0 Å². The van der Waals surface area contributed by atoms with Crippen molar-refractivity contribution >= 4 is 0 Å². The molecule has 0 N–H and O–H groups in total. The van der Waals surface area contributed by atoms with Crippen LogP contribution in [0.3, 0.4) is 0 Å². The SMILES string of the molecule is [O]=[Cr](=[O])([O-])[O][Cr](=[O])(=[O])[O-].[O]=[Cr](=[O])([O-])[O][Cr](=[O])(=[O])[O-].[W]. The van der Waals surface area contributed by atoms with E-state index in [1.54, 1.807) is 0 Å². The van der Waals surface area contributed by atoms with Crippen LogP contribution in [0, 0.1) is 0 Å². The molecule has 0 atom stereocenters. The largest absolute Gasteiger partial charge is 0 e. The monoisotopic (exact) mass is 616 g/mol. The van der Waals surface area contributed by atoms with Gasteiger partial charge in [-0.2, -0.15) is 0 Å². The molecule has 0 spiro atoms. The van der Waals surface area contributed by atoms with Crippen LogP contribution in [0.15, 0.2) is 0 Å². The van der Waals surface area contributed by atoms with Gasteiger partial charge in [0.15, 0.2) is 0 Å². The van der Waals surface area contributed by atoms with Gasteiger partial charge in [0.05, 0.1) is 0 Å². The average Bonchev–Trinajstić information content (AvgIpc) is 1.64. The first-order valence-corrected chi connectivity index (χ1v) is 11.0. The van der Waals surface area contributed by atoms with E-state index in [1.807, 2.05) is 0 Å². The Balaban J connectivity index is -0.000000256. The summed E-state index contributed by atoms with van der Waals surface area (Å²) in [5.41, 5.74) is 0. The van der Waals surface area contributed by atoms with Crippen LogP contribution in [0.25, 0.3) is 0 Å². The normalized spacial score (nSPS) is 12.8. The molecule has 0 heterocycles. The second kappa shape index (κ2) is 8.43. The van der Waals surface area contributed by atoms with Crippen molar-refractivity contribution in [2.75, 3.05) is 0 Å². The zero-order valence-corrected chi connectivity index (χ0v) is 15.8. The van der Waals surface area contributed by atoms with Gasteiger partial charge in [0.25, 0.3) is 0 Å². The summed E-state index contributed by atoms with van der Waals surface area (Å²) in [5, 5.41) is 0. The van der Waals surface area contributed by atoms with E-state index < -0.39 is 54.5 Å². The molecule has 0 aliphatic heterocycles. The average molecular weight is 616 g/mol. The molecule has 19 heavy (non-hydrogen) atoms. The van der Waals surface area contributed by atoms with Gasteiger partial charge in [-0.3, -0.25) is 0 Å². The first kappa shape index (κ1) is 25.0. The Bertz CT molecular complexity index is 532. The van der Waals surface area contributed by atoms with Crippen molar-refractivity contribution in [2.45, 2.75) is 0 Å². The van der Waals surface area contributed by atoms with Crippen LogP contribution in [-0.4, -0.2) is 0 Å². The fourth-order valence-electron chi connectivity index (χ4n) is 0.204. The molecule has 0 saturated heterocycles. The van der Waals surface area contributed by atoms with Crippen molar-refractivity contribution < 1.29 is 128 Å². The van der Waals surface area contributed by atoms with Gasteiger partial charge in [-0.05, 0) is 0 Å². The molecule has 0 aliphatic rings. The van der Waals surface area contributed by atoms with Crippen LogP contribution in [0.1, 0.15) is 0 Å². The van der Waals surface area contributed by atoms with Crippen LogP contribution in [0.5, 0.6) is 0 Å². The molecule has 0 unspecified atom stereocenters. The minimum absolute atomic E-state index is 0. The van der Waals surface area contributed by atoms with E-state index in [2.05, 4.69) is 5.68 Å². The number of hydrogen-bond donors (Lipinski definition) is 0. The van der Waals surface area contributed by atoms with Gasteiger partial charge in [-0.15, -0.1) is 0 Å². The summed E-state index contributed by atoms with van der Waals surface area (Å²) in [7, 11) is 0. The second-order valence-electron chi connectivity index (χ2n) is 1.77. The van der Waals surface area contributed by atoms with Gasteiger partial charge in [-0.25, -0.2) is 0 Å². The summed E-state index contributed by atoms with van der Waals surface area (Å²) in [5.74, 6) is 0. The maximum atomic E-state index is 9.38. The van der Waals surface area contributed by atoms with Gasteiger partial charge in [0.2, 0.25) is 0 Å².